The molecule has 0 fully saturated rings. The van der Waals surface area contributed by atoms with E-state index in [0.717, 1.165) is 9.99 Å². The van der Waals surface area contributed by atoms with E-state index >= 15 is 0 Å². The van der Waals surface area contributed by atoms with Crippen molar-refractivity contribution in [2.24, 2.45) is 0 Å². The first-order valence-corrected chi connectivity index (χ1v) is 7.01. The zero-order valence-electron chi connectivity index (χ0n) is 10.9. The number of nitrogens with zero attached hydrogens (tertiary/aromatic N) is 2. The molecular formula is C16H10BrN3O. The van der Waals surface area contributed by atoms with Crippen molar-refractivity contribution in [3.8, 4) is 6.07 Å². The number of anilines is 1. The van der Waals surface area contributed by atoms with E-state index in [4.69, 9.17) is 11.0 Å². The van der Waals surface area contributed by atoms with E-state index in [-0.39, 0.29) is 5.78 Å². The highest BCUT2D eigenvalue weighted by Crippen LogP contribution is 2.23. The normalized spacial score (nSPS) is 10.5. The number of nitriles is 1. The van der Waals surface area contributed by atoms with Gasteiger partial charge < -0.3 is 10.1 Å². The van der Waals surface area contributed by atoms with E-state index in [9.17, 15) is 4.79 Å². The Morgan fingerprint density at radius 2 is 2.05 bits per heavy atom. The number of nitrogen functional groups attached to an aromatic ring is 1. The minimum atomic E-state index is -0.149. The Labute approximate surface area is 129 Å². The van der Waals surface area contributed by atoms with E-state index in [1.807, 2.05) is 34.9 Å². The summed E-state index contributed by atoms with van der Waals surface area (Å²) in [6.07, 6.45) is 1.83. The monoisotopic (exact) mass is 339 g/mol. The third kappa shape index (κ3) is 2.20. The minimum absolute atomic E-state index is 0.149. The number of hydrogen-bond donors (Lipinski definition) is 1. The van der Waals surface area contributed by atoms with E-state index in [1.165, 1.54) is 6.07 Å². The molecule has 2 aromatic heterocycles. The fraction of sp³-hybridized carbons (Fsp3) is 0. The van der Waals surface area contributed by atoms with Gasteiger partial charge in [0.15, 0.2) is 0 Å². The topological polar surface area (TPSA) is 71.3 Å². The van der Waals surface area contributed by atoms with E-state index in [0.29, 0.717) is 22.5 Å². The van der Waals surface area contributed by atoms with E-state index < -0.39 is 0 Å². The van der Waals surface area contributed by atoms with Gasteiger partial charge in [-0.2, -0.15) is 5.26 Å². The zero-order chi connectivity index (χ0) is 15.0. The second-order valence-corrected chi connectivity index (χ2v) is 5.43. The zero-order valence-corrected chi connectivity index (χ0v) is 12.5. The first-order chi connectivity index (χ1) is 10.1. The Morgan fingerprint density at radius 1 is 1.24 bits per heavy atom. The molecule has 0 aliphatic carbocycles. The second kappa shape index (κ2) is 5.08. The van der Waals surface area contributed by atoms with Crippen LogP contribution in [0, 0.1) is 11.3 Å². The van der Waals surface area contributed by atoms with Gasteiger partial charge in [0.25, 0.3) is 0 Å². The number of aromatic nitrogens is 1. The summed E-state index contributed by atoms with van der Waals surface area (Å²) in [4.78, 5) is 12.6. The van der Waals surface area contributed by atoms with Gasteiger partial charge in [-0.25, -0.2) is 0 Å². The Bertz CT molecular complexity index is 906. The van der Waals surface area contributed by atoms with Crippen LogP contribution in [-0.2, 0) is 0 Å². The van der Waals surface area contributed by atoms with Crippen molar-refractivity contribution in [1.82, 2.24) is 4.40 Å². The molecule has 0 radical (unpaired) electrons. The molecular weight excluding hydrogens is 330 g/mol. The number of ketones is 1. The Morgan fingerprint density at radius 3 is 2.81 bits per heavy atom. The van der Waals surface area contributed by atoms with Crippen LogP contribution in [0.2, 0.25) is 0 Å². The lowest BCUT2D eigenvalue weighted by Crippen LogP contribution is -2.06. The molecule has 4 nitrogen and oxygen atoms in total. The molecule has 5 heteroatoms. The molecule has 0 spiro atoms. The van der Waals surface area contributed by atoms with Gasteiger partial charge in [0, 0.05) is 21.9 Å². The van der Waals surface area contributed by atoms with Crippen LogP contribution in [0.15, 0.2) is 53.1 Å². The molecule has 1 aromatic carbocycles. The lowest BCUT2D eigenvalue weighted by atomic mass is 10.0. The summed E-state index contributed by atoms with van der Waals surface area (Å²) in [6, 6.07) is 14.1. The average molecular weight is 340 g/mol. The molecule has 0 unspecified atom stereocenters. The van der Waals surface area contributed by atoms with Gasteiger partial charge in [-0.15, -0.1) is 0 Å². The molecule has 0 bridgehead atoms. The molecule has 0 saturated heterocycles. The predicted molar refractivity (Wildman–Crippen MR) is 84.1 cm³/mol. The highest BCUT2D eigenvalue weighted by Gasteiger charge is 2.15. The summed E-state index contributed by atoms with van der Waals surface area (Å²) < 4.78 is 2.73. The average Bonchev–Trinajstić information content (AvgIpc) is 2.92. The SMILES string of the molecule is N#Cc1cc(C(=O)c2ccc3c(Br)cccn23)ccc1N. The first kappa shape index (κ1) is 13.4. The maximum atomic E-state index is 12.6. The summed E-state index contributed by atoms with van der Waals surface area (Å²) in [7, 11) is 0. The minimum Gasteiger partial charge on any atom is -0.398 e. The standard InChI is InChI=1S/C16H10BrN3O/c17-12-2-1-7-20-14(12)5-6-15(20)16(21)10-3-4-13(19)11(8-10)9-18/h1-8H,19H2. The van der Waals surface area contributed by atoms with Crippen molar-refractivity contribution in [3.05, 3.63) is 70.0 Å². The van der Waals surface area contributed by atoms with Crippen LogP contribution >= 0.6 is 15.9 Å². The number of fused-ring (bicyclic) bond motifs is 1. The van der Waals surface area contributed by atoms with Crippen LogP contribution in [0.4, 0.5) is 5.69 Å². The Kier molecular flexibility index (Phi) is 3.24. The van der Waals surface area contributed by atoms with Gasteiger partial charge in [-0.3, -0.25) is 4.79 Å². The van der Waals surface area contributed by atoms with Crippen molar-refractivity contribution in [2.45, 2.75) is 0 Å². The van der Waals surface area contributed by atoms with E-state index in [1.54, 1.807) is 18.2 Å². The largest absolute Gasteiger partial charge is 0.398 e. The molecule has 2 N–H and O–H groups in total. The quantitative estimate of drug-likeness (QED) is 0.574. The van der Waals surface area contributed by atoms with Crippen molar-refractivity contribution < 1.29 is 4.79 Å². The lowest BCUT2D eigenvalue weighted by molar-refractivity contribution is 0.103. The number of benzene rings is 1. The number of halogens is 1. The van der Waals surface area contributed by atoms with Crippen LogP contribution in [0.3, 0.4) is 0 Å². The molecule has 0 atom stereocenters. The molecule has 3 rings (SSSR count). The number of hydrogen-bond acceptors (Lipinski definition) is 3. The molecule has 0 aliphatic rings. The van der Waals surface area contributed by atoms with Crippen molar-refractivity contribution in [2.75, 3.05) is 5.73 Å². The summed E-state index contributed by atoms with van der Waals surface area (Å²) in [5.41, 5.74) is 8.26. The number of carbonyl (C=O) groups excluding carboxylic acids is 1. The molecule has 0 saturated carbocycles. The summed E-state index contributed by atoms with van der Waals surface area (Å²) in [5.74, 6) is -0.149. The summed E-state index contributed by atoms with van der Waals surface area (Å²) >= 11 is 3.46. The molecule has 0 aliphatic heterocycles. The van der Waals surface area contributed by atoms with Crippen LogP contribution in [0.1, 0.15) is 21.6 Å². The highest BCUT2D eigenvalue weighted by atomic mass is 79.9. The van der Waals surface area contributed by atoms with Crippen LogP contribution in [0.5, 0.6) is 0 Å². The predicted octanol–water partition coefficient (Wildman–Crippen LogP) is 3.39. The maximum Gasteiger partial charge on any atom is 0.209 e. The van der Waals surface area contributed by atoms with Gasteiger partial charge in [0.2, 0.25) is 5.78 Å². The molecule has 21 heavy (non-hydrogen) atoms. The van der Waals surface area contributed by atoms with Gasteiger partial charge in [0.1, 0.15) is 6.07 Å². The molecule has 102 valence electrons. The van der Waals surface area contributed by atoms with Crippen molar-refractivity contribution >= 4 is 32.9 Å². The Balaban J connectivity index is 2.13. The maximum absolute atomic E-state index is 12.6. The van der Waals surface area contributed by atoms with Crippen LogP contribution in [0.25, 0.3) is 5.52 Å². The molecule has 0 amide bonds. The third-order valence-corrected chi connectivity index (χ3v) is 3.98. The van der Waals surface area contributed by atoms with Gasteiger partial charge in [-0.05, 0) is 58.4 Å². The van der Waals surface area contributed by atoms with Gasteiger partial charge in [0.05, 0.1) is 16.8 Å². The Hall–Kier alpha value is -2.58. The number of rotatable bonds is 2. The van der Waals surface area contributed by atoms with Crippen LogP contribution < -0.4 is 5.73 Å². The van der Waals surface area contributed by atoms with Crippen molar-refractivity contribution in [3.63, 3.8) is 0 Å². The highest BCUT2D eigenvalue weighted by molar-refractivity contribution is 9.10. The lowest BCUT2D eigenvalue weighted by Gasteiger charge is -2.05. The summed E-state index contributed by atoms with van der Waals surface area (Å²) in [6.45, 7) is 0. The number of nitrogens with two attached hydrogens (primary N) is 1. The second-order valence-electron chi connectivity index (χ2n) is 4.57. The van der Waals surface area contributed by atoms with Gasteiger partial charge >= 0.3 is 0 Å². The van der Waals surface area contributed by atoms with Gasteiger partial charge in [-0.1, -0.05) is 0 Å². The van der Waals surface area contributed by atoms with Crippen molar-refractivity contribution in [1.29, 1.82) is 5.26 Å². The number of pyridine rings is 1. The smallest absolute Gasteiger partial charge is 0.209 e. The molecule has 3 aromatic rings. The third-order valence-electron chi connectivity index (χ3n) is 3.31. The fourth-order valence-electron chi connectivity index (χ4n) is 2.23. The molecule has 2 heterocycles. The fourth-order valence-corrected chi connectivity index (χ4v) is 2.71. The summed E-state index contributed by atoms with van der Waals surface area (Å²) in [5, 5.41) is 9.01. The van der Waals surface area contributed by atoms with E-state index in [2.05, 4.69) is 15.9 Å². The van der Waals surface area contributed by atoms with Crippen LogP contribution in [-0.4, -0.2) is 10.2 Å². The first-order valence-electron chi connectivity index (χ1n) is 6.21. The number of carbonyl (C=O) groups is 1.